The fourth-order valence-electron chi connectivity index (χ4n) is 3.22. The maximum Gasteiger partial charge on any atom is 0.358 e. The van der Waals surface area contributed by atoms with Crippen LogP contribution in [0.3, 0.4) is 0 Å². The second-order valence-corrected chi connectivity index (χ2v) is 6.50. The summed E-state index contributed by atoms with van der Waals surface area (Å²) in [4.78, 5) is 23.1. The zero-order valence-electron chi connectivity index (χ0n) is 15.1. The number of carboxylic acids is 1. The van der Waals surface area contributed by atoms with Gasteiger partial charge in [-0.15, -0.1) is 5.10 Å². The minimum Gasteiger partial charge on any atom is -0.497 e. The number of methoxy groups -OCH3 is 1. The van der Waals surface area contributed by atoms with Gasteiger partial charge in [-0.1, -0.05) is 17.3 Å². The summed E-state index contributed by atoms with van der Waals surface area (Å²) in [6, 6.07) is 7.87. The van der Waals surface area contributed by atoms with Gasteiger partial charge in [0.15, 0.2) is 5.69 Å². The maximum absolute atomic E-state index is 12.3. The van der Waals surface area contributed by atoms with E-state index in [9.17, 15) is 9.59 Å². The number of benzene rings is 1. The highest BCUT2D eigenvalue weighted by Gasteiger charge is 2.35. The Bertz CT molecular complexity index is 796. The van der Waals surface area contributed by atoms with Crippen molar-refractivity contribution in [2.24, 2.45) is 0 Å². The first-order chi connectivity index (χ1) is 13.0. The molecule has 9 heteroatoms. The quantitative estimate of drug-likeness (QED) is 0.738. The Morgan fingerprint density at radius 1 is 1.30 bits per heavy atom. The number of rotatable bonds is 7. The number of nitrogens with one attached hydrogen (secondary N) is 1. The Hall–Kier alpha value is -2.94. The van der Waals surface area contributed by atoms with Crippen LogP contribution in [0, 0.1) is 0 Å². The minimum absolute atomic E-state index is 0.0878. The number of carbonyl (C=O) groups is 2. The van der Waals surface area contributed by atoms with Crippen LogP contribution < -0.4 is 10.1 Å². The van der Waals surface area contributed by atoms with Crippen LogP contribution in [0.1, 0.15) is 28.9 Å². The highest BCUT2D eigenvalue weighted by Crippen LogP contribution is 2.35. The van der Waals surface area contributed by atoms with E-state index >= 15 is 0 Å². The van der Waals surface area contributed by atoms with Gasteiger partial charge >= 0.3 is 5.97 Å². The molecule has 1 saturated heterocycles. The van der Waals surface area contributed by atoms with Gasteiger partial charge in [0.05, 0.1) is 13.3 Å². The molecule has 0 radical (unpaired) electrons. The molecule has 3 rings (SSSR count). The van der Waals surface area contributed by atoms with E-state index in [-0.39, 0.29) is 23.6 Å². The molecule has 1 aliphatic heterocycles. The Kier molecular flexibility index (Phi) is 5.70. The standard InChI is InChI=1S/C18H22N4O5/c1-26-14-4-2-13(3-5-14)18(6-8-27-9-7-18)12-19-16(23)11-22-10-15(17(24)25)20-21-22/h2-5,10H,6-9,11-12H2,1H3,(H,19,23)(H,24,25). The van der Waals surface area contributed by atoms with Crippen molar-refractivity contribution in [3.8, 4) is 5.75 Å². The lowest BCUT2D eigenvalue weighted by Crippen LogP contribution is -2.45. The summed E-state index contributed by atoms with van der Waals surface area (Å²) in [6.07, 6.45) is 2.83. The van der Waals surface area contributed by atoms with Crippen molar-refractivity contribution in [1.82, 2.24) is 20.3 Å². The van der Waals surface area contributed by atoms with Gasteiger partial charge in [0.2, 0.25) is 5.91 Å². The molecule has 1 aromatic heterocycles. The van der Waals surface area contributed by atoms with E-state index in [1.165, 1.54) is 10.9 Å². The van der Waals surface area contributed by atoms with Gasteiger partial charge in [0, 0.05) is 25.2 Å². The third-order valence-electron chi connectivity index (χ3n) is 4.84. The van der Waals surface area contributed by atoms with E-state index in [0.717, 1.165) is 24.2 Å². The minimum atomic E-state index is -1.18. The molecule has 2 N–H and O–H groups in total. The normalized spacial score (nSPS) is 15.9. The van der Waals surface area contributed by atoms with Crippen molar-refractivity contribution in [3.63, 3.8) is 0 Å². The Morgan fingerprint density at radius 2 is 2.00 bits per heavy atom. The van der Waals surface area contributed by atoms with Crippen LogP contribution in [0.4, 0.5) is 0 Å². The zero-order chi connectivity index (χ0) is 19.3. The highest BCUT2D eigenvalue weighted by molar-refractivity contribution is 5.84. The summed E-state index contributed by atoms with van der Waals surface area (Å²) in [5.74, 6) is -0.649. The fraction of sp³-hybridized carbons (Fsp3) is 0.444. The van der Waals surface area contributed by atoms with Crippen LogP contribution in [0.2, 0.25) is 0 Å². The Balaban J connectivity index is 1.67. The zero-order valence-corrected chi connectivity index (χ0v) is 15.1. The van der Waals surface area contributed by atoms with E-state index < -0.39 is 5.97 Å². The molecule has 144 valence electrons. The van der Waals surface area contributed by atoms with Crippen LogP contribution in [0.15, 0.2) is 30.5 Å². The van der Waals surface area contributed by atoms with Gasteiger partial charge < -0.3 is 19.9 Å². The molecule has 1 aromatic carbocycles. The lowest BCUT2D eigenvalue weighted by Gasteiger charge is -2.38. The van der Waals surface area contributed by atoms with E-state index in [0.29, 0.717) is 19.8 Å². The molecular weight excluding hydrogens is 352 g/mol. The molecule has 0 unspecified atom stereocenters. The number of hydrogen-bond donors (Lipinski definition) is 2. The van der Waals surface area contributed by atoms with E-state index in [1.54, 1.807) is 7.11 Å². The molecule has 0 saturated carbocycles. The number of aromatic carboxylic acids is 1. The van der Waals surface area contributed by atoms with Crippen LogP contribution in [0.5, 0.6) is 5.75 Å². The fourth-order valence-corrected chi connectivity index (χ4v) is 3.22. The third kappa shape index (κ3) is 4.43. The van der Waals surface area contributed by atoms with Gasteiger partial charge in [-0.3, -0.25) is 4.79 Å². The Labute approximate surface area is 156 Å². The van der Waals surface area contributed by atoms with Crippen molar-refractivity contribution in [2.75, 3.05) is 26.9 Å². The molecule has 0 atom stereocenters. The van der Waals surface area contributed by atoms with E-state index in [4.69, 9.17) is 14.6 Å². The second kappa shape index (κ2) is 8.17. The van der Waals surface area contributed by atoms with Gasteiger partial charge in [0.25, 0.3) is 0 Å². The summed E-state index contributed by atoms with van der Waals surface area (Å²) < 4.78 is 11.9. The first-order valence-corrected chi connectivity index (χ1v) is 8.65. The topological polar surface area (TPSA) is 116 Å². The molecule has 2 aromatic rings. The number of hydrogen-bond acceptors (Lipinski definition) is 6. The molecular formula is C18H22N4O5. The first-order valence-electron chi connectivity index (χ1n) is 8.65. The lowest BCUT2D eigenvalue weighted by atomic mass is 9.74. The van der Waals surface area contributed by atoms with Crippen molar-refractivity contribution in [3.05, 3.63) is 41.7 Å². The highest BCUT2D eigenvalue weighted by atomic mass is 16.5. The van der Waals surface area contributed by atoms with Crippen molar-refractivity contribution in [2.45, 2.75) is 24.8 Å². The number of aromatic nitrogens is 3. The number of nitrogens with zero attached hydrogens (tertiary/aromatic N) is 3. The predicted molar refractivity (Wildman–Crippen MR) is 94.7 cm³/mol. The van der Waals surface area contributed by atoms with Crippen LogP contribution >= 0.6 is 0 Å². The van der Waals surface area contributed by atoms with Gasteiger partial charge in [0.1, 0.15) is 12.3 Å². The van der Waals surface area contributed by atoms with Crippen LogP contribution in [-0.4, -0.2) is 58.8 Å². The molecule has 27 heavy (non-hydrogen) atoms. The molecule has 0 bridgehead atoms. The largest absolute Gasteiger partial charge is 0.497 e. The molecule has 0 spiro atoms. The average molecular weight is 374 g/mol. The number of carboxylic acid groups (broad SMARTS) is 1. The molecule has 9 nitrogen and oxygen atoms in total. The average Bonchev–Trinajstić information content (AvgIpc) is 3.16. The number of amides is 1. The third-order valence-corrected chi connectivity index (χ3v) is 4.84. The van der Waals surface area contributed by atoms with E-state index in [1.807, 2.05) is 24.3 Å². The van der Waals surface area contributed by atoms with Crippen LogP contribution in [-0.2, 0) is 21.5 Å². The lowest BCUT2D eigenvalue weighted by molar-refractivity contribution is -0.122. The molecule has 1 amide bonds. The number of carbonyl (C=O) groups excluding carboxylic acids is 1. The van der Waals surface area contributed by atoms with Crippen molar-refractivity contribution in [1.29, 1.82) is 0 Å². The monoisotopic (exact) mass is 374 g/mol. The van der Waals surface area contributed by atoms with Gasteiger partial charge in [-0.2, -0.15) is 0 Å². The predicted octanol–water partition coefficient (Wildman–Crippen LogP) is 0.849. The number of ether oxygens (including phenoxy) is 2. The van der Waals surface area contributed by atoms with E-state index in [2.05, 4.69) is 15.6 Å². The molecule has 1 fully saturated rings. The Morgan fingerprint density at radius 3 is 2.59 bits per heavy atom. The van der Waals surface area contributed by atoms with Crippen molar-refractivity contribution >= 4 is 11.9 Å². The molecule has 0 aliphatic carbocycles. The molecule has 1 aliphatic rings. The maximum atomic E-state index is 12.3. The smallest absolute Gasteiger partial charge is 0.358 e. The summed E-state index contributed by atoms with van der Waals surface area (Å²) in [5.41, 5.74) is 0.720. The summed E-state index contributed by atoms with van der Waals surface area (Å²) in [6.45, 7) is 1.64. The van der Waals surface area contributed by atoms with Gasteiger partial charge in [-0.25, -0.2) is 9.48 Å². The molecule has 2 heterocycles. The summed E-state index contributed by atoms with van der Waals surface area (Å²) >= 11 is 0. The van der Waals surface area contributed by atoms with Crippen molar-refractivity contribution < 1.29 is 24.2 Å². The summed E-state index contributed by atoms with van der Waals surface area (Å²) in [5, 5.41) is 19.0. The first kappa shape index (κ1) is 18.8. The van der Waals surface area contributed by atoms with Crippen LogP contribution in [0.25, 0.3) is 0 Å². The van der Waals surface area contributed by atoms with Gasteiger partial charge in [-0.05, 0) is 30.5 Å². The summed E-state index contributed by atoms with van der Waals surface area (Å²) in [7, 11) is 1.62. The second-order valence-electron chi connectivity index (χ2n) is 6.50. The SMILES string of the molecule is COc1ccc(C2(CNC(=O)Cn3cc(C(=O)O)nn3)CCOCC2)cc1.